The number of methoxy groups -OCH3 is 2. The van der Waals surface area contributed by atoms with Gasteiger partial charge in [0.15, 0.2) is 6.29 Å². The predicted octanol–water partition coefficient (Wildman–Crippen LogP) is 9.00. The van der Waals surface area contributed by atoms with E-state index >= 15 is 0 Å². The van der Waals surface area contributed by atoms with Gasteiger partial charge in [0, 0.05) is 25.6 Å². The Morgan fingerprint density at radius 1 is 0.807 bits per heavy atom. The molecular weight excluding hydrogens is 741 g/mol. The van der Waals surface area contributed by atoms with E-state index in [1.807, 2.05) is 66.7 Å². The van der Waals surface area contributed by atoms with Crippen molar-refractivity contribution >= 4 is 14.4 Å². The van der Waals surface area contributed by atoms with Crippen molar-refractivity contribution in [2.75, 3.05) is 47.2 Å². The average Bonchev–Trinajstić information content (AvgIpc) is 3.21. The van der Waals surface area contributed by atoms with Crippen LogP contribution in [0.25, 0.3) is 4.85 Å². The number of rotatable bonds is 23. The summed E-state index contributed by atoms with van der Waals surface area (Å²) >= 11 is 0. The Balaban J connectivity index is 1.49. The van der Waals surface area contributed by atoms with Gasteiger partial charge in [0.05, 0.1) is 39.6 Å². The van der Waals surface area contributed by atoms with Crippen LogP contribution in [0.3, 0.4) is 0 Å². The van der Waals surface area contributed by atoms with Gasteiger partial charge in [-0.3, -0.25) is 4.79 Å². The molecule has 1 aliphatic heterocycles. The average molecular weight is 806 g/mol. The van der Waals surface area contributed by atoms with E-state index in [0.29, 0.717) is 26.4 Å². The second-order valence-corrected chi connectivity index (χ2v) is 16.5. The van der Waals surface area contributed by atoms with E-state index in [4.69, 9.17) is 39.3 Å². The van der Waals surface area contributed by atoms with Gasteiger partial charge in [-0.15, -0.1) is 0 Å². The number of nitrogens with one attached hydrogen (secondary N) is 1. The van der Waals surface area contributed by atoms with E-state index < -0.39 is 20.4 Å². The predicted molar refractivity (Wildman–Crippen MR) is 225 cm³/mol. The summed E-state index contributed by atoms with van der Waals surface area (Å²) < 4.78 is 46.1. The monoisotopic (exact) mass is 805 g/mol. The number of hydrogen-bond donors (Lipinski definition) is 1. The van der Waals surface area contributed by atoms with Crippen LogP contribution in [0.5, 0.6) is 11.5 Å². The fourth-order valence-corrected chi connectivity index (χ4v) is 8.99. The van der Waals surface area contributed by atoms with Crippen molar-refractivity contribution in [1.29, 1.82) is 0 Å². The molecule has 0 saturated carbocycles. The first kappa shape index (κ1) is 46.1. The van der Waals surface area contributed by atoms with Crippen LogP contribution in [-0.4, -0.2) is 88.3 Å². The molecule has 11 nitrogen and oxygen atoms in total. The molecule has 0 spiro atoms. The summed E-state index contributed by atoms with van der Waals surface area (Å²) in [5, 5.41) is 3.12. The first-order chi connectivity index (χ1) is 27.5. The minimum absolute atomic E-state index is 0.0298. The number of benzene rings is 3. The van der Waals surface area contributed by atoms with E-state index in [2.05, 4.69) is 68.5 Å². The largest absolute Gasteiger partial charge is 0.497 e. The van der Waals surface area contributed by atoms with E-state index in [1.165, 1.54) is 6.92 Å². The summed E-state index contributed by atoms with van der Waals surface area (Å²) in [6.45, 7) is 23.4. The highest BCUT2D eigenvalue weighted by Gasteiger charge is 2.45. The molecule has 1 heterocycles. The number of unbranched alkanes of at least 4 members (excludes halogenated alkanes) is 2. The Hall–Kier alpha value is -3.59. The third kappa shape index (κ3) is 12.5. The third-order valence-electron chi connectivity index (χ3n) is 10.5. The van der Waals surface area contributed by atoms with Gasteiger partial charge in [0.25, 0.3) is 8.53 Å². The molecule has 6 unspecified atom stereocenters. The highest BCUT2D eigenvalue weighted by atomic mass is 31.2. The van der Waals surface area contributed by atoms with Crippen molar-refractivity contribution in [3.05, 3.63) is 107 Å². The molecule has 1 fully saturated rings. The minimum atomic E-state index is -1.27. The van der Waals surface area contributed by atoms with Crippen molar-refractivity contribution in [2.45, 2.75) is 104 Å². The summed E-state index contributed by atoms with van der Waals surface area (Å²) in [4.78, 5) is 15.9. The van der Waals surface area contributed by atoms with Crippen LogP contribution < -0.4 is 14.8 Å². The van der Waals surface area contributed by atoms with Crippen LogP contribution in [0, 0.1) is 18.4 Å². The van der Waals surface area contributed by atoms with Crippen LogP contribution in [0.4, 0.5) is 0 Å². The highest BCUT2D eigenvalue weighted by Crippen LogP contribution is 2.46. The molecule has 1 N–H and O–H groups in total. The lowest BCUT2D eigenvalue weighted by atomic mass is 9.79. The zero-order valence-corrected chi connectivity index (χ0v) is 36.2. The molecule has 1 aliphatic rings. The number of nitrogens with zero attached hydrogens (tertiary/aromatic N) is 2. The molecule has 3 aromatic carbocycles. The van der Waals surface area contributed by atoms with Gasteiger partial charge < -0.3 is 42.9 Å². The summed E-state index contributed by atoms with van der Waals surface area (Å²) in [6.07, 6.45) is 1.51. The molecule has 0 bridgehead atoms. The van der Waals surface area contributed by atoms with E-state index in [9.17, 15) is 4.79 Å². The summed E-state index contributed by atoms with van der Waals surface area (Å²) in [5.41, 5.74) is 1.84. The molecule has 0 aromatic heterocycles. The van der Waals surface area contributed by atoms with Gasteiger partial charge >= 0.3 is 0 Å². The van der Waals surface area contributed by atoms with Crippen molar-refractivity contribution in [3.8, 4) is 11.5 Å². The second kappa shape index (κ2) is 23.1. The number of amides is 1. The van der Waals surface area contributed by atoms with Crippen LogP contribution in [-0.2, 0) is 33.7 Å². The lowest BCUT2D eigenvalue weighted by molar-refractivity contribution is -0.249. The molecular formula is C45H64N3O8P. The molecule has 57 heavy (non-hydrogen) atoms. The SMILES string of the molecule is [C-]#[N+]CCOP(OCCCCCOC1OC(COC(c2ccccc2)(c2ccc(OC)cc2)c2ccc(OC)cc2)C(C)C(C)C1NC(C)=O)N(C(C)C)C(C)C. The Kier molecular flexibility index (Phi) is 18.7. The maximum Gasteiger partial charge on any atom is 0.259 e. The number of hydrogen-bond acceptors (Lipinski definition) is 9. The quantitative estimate of drug-likeness (QED) is 0.0436. The number of carbonyl (C=O) groups excluding carboxylic acids is 1. The van der Waals surface area contributed by atoms with Crippen LogP contribution >= 0.6 is 8.53 Å². The van der Waals surface area contributed by atoms with Gasteiger partial charge in [-0.25, -0.2) is 11.2 Å². The Labute approximate surface area is 342 Å². The Bertz CT molecular complexity index is 1600. The van der Waals surface area contributed by atoms with Crippen LogP contribution in [0.2, 0.25) is 0 Å². The van der Waals surface area contributed by atoms with E-state index in [-0.39, 0.29) is 48.6 Å². The third-order valence-corrected chi connectivity index (χ3v) is 12.6. The molecule has 1 amide bonds. The fourth-order valence-electron chi connectivity index (χ4n) is 7.38. The number of ether oxygens (including phenoxy) is 5. The maximum atomic E-state index is 12.4. The van der Waals surface area contributed by atoms with Gasteiger partial charge in [0.2, 0.25) is 12.5 Å². The summed E-state index contributed by atoms with van der Waals surface area (Å²) in [6, 6.07) is 26.4. The highest BCUT2D eigenvalue weighted by molar-refractivity contribution is 7.44. The topological polar surface area (TPSA) is 101 Å². The second-order valence-electron chi connectivity index (χ2n) is 15.1. The molecule has 6 atom stereocenters. The van der Waals surface area contributed by atoms with Crippen LogP contribution in [0.1, 0.15) is 84.4 Å². The van der Waals surface area contributed by atoms with Gasteiger partial charge in [0.1, 0.15) is 23.7 Å². The van der Waals surface area contributed by atoms with Crippen molar-refractivity contribution in [2.24, 2.45) is 11.8 Å². The van der Waals surface area contributed by atoms with Crippen molar-refractivity contribution < 1.29 is 37.5 Å². The Morgan fingerprint density at radius 3 is 1.88 bits per heavy atom. The van der Waals surface area contributed by atoms with Crippen molar-refractivity contribution in [1.82, 2.24) is 9.99 Å². The molecule has 312 valence electrons. The fraction of sp³-hybridized carbons (Fsp3) is 0.556. The zero-order valence-electron chi connectivity index (χ0n) is 35.3. The van der Waals surface area contributed by atoms with Crippen molar-refractivity contribution in [3.63, 3.8) is 0 Å². The van der Waals surface area contributed by atoms with Gasteiger partial charge in [-0.1, -0.05) is 68.4 Å². The molecule has 4 rings (SSSR count). The molecule has 0 radical (unpaired) electrons. The van der Waals surface area contributed by atoms with E-state index in [0.717, 1.165) is 47.5 Å². The number of carbonyl (C=O) groups is 1. The van der Waals surface area contributed by atoms with Gasteiger partial charge in [-0.05, 0) is 99.7 Å². The molecule has 3 aromatic rings. The van der Waals surface area contributed by atoms with Crippen LogP contribution in [0.15, 0.2) is 78.9 Å². The summed E-state index contributed by atoms with van der Waals surface area (Å²) in [7, 11) is 2.05. The zero-order chi connectivity index (χ0) is 41.4. The lowest BCUT2D eigenvalue weighted by Crippen LogP contribution is -2.58. The molecule has 0 aliphatic carbocycles. The molecule has 12 heteroatoms. The minimum Gasteiger partial charge on any atom is -0.497 e. The first-order valence-corrected chi connectivity index (χ1v) is 21.3. The standard InChI is InChI=1S/C45H64N3O8P/c1-32(2)48(33(3)4)57(55-30-27-46-8)54-29-16-12-15-28-52-44-43(47-36(7)49)35(6)34(5)42(56-44)31-53-45(37-17-13-11-14-18-37,38-19-23-40(50-9)24-20-38)39-21-25-41(51-10)26-22-39/h11,13-14,17-26,32-35,42-44H,12,15-16,27-31H2,1-7,9-10H3,(H,47,49). The lowest BCUT2D eigenvalue weighted by Gasteiger charge is -2.46. The Morgan fingerprint density at radius 2 is 1.35 bits per heavy atom. The smallest absolute Gasteiger partial charge is 0.259 e. The maximum absolute atomic E-state index is 12.4. The summed E-state index contributed by atoms with van der Waals surface area (Å²) in [5.74, 6) is 1.44. The molecule has 1 saturated heterocycles. The van der Waals surface area contributed by atoms with E-state index in [1.54, 1.807) is 14.2 Å². The normalized spacial score (nSPS) is 20.4. The first-order valence-electron chi connectivity index (χ1n) is 20.2. The van der Waals surface area contributed by atoms with Gasteiger partial charge in [-0.2, -0.15) is 0 Å².